The van der Waals surface area contributed by atoms with Crippen LogP contribution in [0.15, 0.2) is 60.7 Å². The van der Waals surface area contributed by atoms with Crippen LogP contribution in [0.5, 0.6) is 11.5 Å². The van der Waals surface area contributed by atoms with Gasteiger partial charge in [0.05, 0.1) is 12.3 Å². The van der Waals surface area contributed by atoms with Gasteiger partial charge in [-0.15, -0.1) is 10.2 Å². The number of hydrogen-bond donors (Lipinski definition) is 1. The predicted molar refractivity (Wildman–Crippen MR) is 134 cm³/mol. The maximum absolute atomic E-state index is 12.6. The van der Waals surface area contributed by atoms with Gasteiger partial charge in [0.15, 0.2) is 11.9 Å². The van der Waals surface area contributed by atoms with Crippen molar-refractivity contribution in [3.05, 3.63) is 60.7 Å². The lowest BCUT2D eigenvalue weighted by Gasteiger charge is -2.32. The predicted octanol–water partition coefficient (Wildman–Crippen LogP) is 3.70. The molecule has 1 aromatic heterocycles. The highest BCUT2D eigenvalue weighted by molar-refractivity contribution is 5.94. The number of piperazine rings is 1. The number of anilines is 2. The van der Waals surface area contributed by atoms with Crippen molar-refractivity contribution in [3.63, 3.8) is 0 Å². The minimum atomic E-state index is -0.662. The number of nitrogens with zero attached hydrogens (tertiary/aromatic N) is 4. The number of hydrogen-bond acceptors (Lipinski definition) is 7. The Kier molecular flexibility index (Phi) is 7.59. The zero-order chi connectivity index (χ0) is 23.9. The lowest BCUT2D eigenvalue weighted by molar-refractivity contribution is -0.122. The van der Waals surface area contributed by atoms with Gasteiger partial charge in [0, 0.05) is 43.5 Å². The van der Waals surface area contributed by atoms with E-state index in [1.165, 1.54) is 0 Å². The number of benzene rings is 2. The molecule has 1 fully saturated rings. The van der Waals surface area contributed by atoms with Gasteiger partial charge in [0.2, 0.25) is 0 Å². The first-order valence-electron chi connectivity index (χ1n) is 11.6. The monoisotopic (exact) mass is 461 g/mol. The largest absolute Gasteiger partial charge is 0.494 e. The Balaban J connectivity index is 1.33. The topological polar surface area (TPSA) is 79.8 Å². The van der Waals surface area contributed by atoms with Crippen LogP contribution in [0.2, 0.25) is 0 Å². The molecule has 0 saturated carbocycles. The van der Waals surface area contributed by atoms with E-state index in [9.17, 15) is 4.79 Å². The number of carbonyl (C=O) groups excluding carboxylic acids is 1. The lowest BCUT2D eigenvalue weighted by atomic mass is 10.1. The Morgan fingerprint density at radius 2 is 1.74 bits per heavy atom. The molecule has 1 unspecified atom stereocenters. The Morgan fingerprint density at radius 1 is 1.00 bits per heavy atom. The smallest absolute Gasteiger partial charge is 0.265 e. The fourth-order valence-electron chi connectivity index (χ4n) is 3.71. The van der Waals surface area contributed by atoms with Crippen LogP contribution in [0.3, 0.4) is 0 Å². The van der Waals surface area contributed by atoms with Crippen molar-refractivity contribution < 1.29 is 14.3 Å². The molecule has 1 aliphatic rings. The normalized spacial score (nSPS) is 15.0. The molecule has 1 amide bonds. The van der Waals surface area contributed by atoms with Crippen molar-refractivity contribution in [2.24, 2.45) is 0 Å². The zero-order valence-corrected chi connectivity index (χ0v) is 19.9. The molecule has 2 aromatic carbocycles. The van der Waals surface area contributed by atoms with Gasteiger partial charge in [-0.3, -0.25) is 4.79 Å². The van der Waals surface area contributed by atoms with E-state index in [1.54, 1.807) is 19.1 Å². The minimum absolute atomic E-state index is 0.231. The second kappa shape index (κ2) is 11.0. The van der Waals surface area contributed by atoms with E-state index in [0.29, 0.717) is 23.8 Å². The van der Waals surface area contributed by atoms with Crippen LogP contribution < -0.4 is 19.7 Å². The van der Waals surface area contributed by atoms with Crippen molar-refractivity contribution in [2.45, 2.75) is 20.0 Å². The molecule has 2 heterocycles. The van der Waals surface area contributed by atoms with Crippen molar-refractivity contribution in [1.82, 2.24) is 15.1 Å². The number of carbonyl (C=O) groups is 1. The molecule has 3 aromatic rings. The summed E-state index contributed by atoms with van der Waals surface area (Å²) < 4.78 is 11.3. The van der Waals surface area contributed by atoms with Crippen molar-refractivity contribution in [3.8, 4) is 22.8 Å². The molecule has 0 bridgehead atoms. The molecule has 0 aliphatic carbocycles. The first-order valence-corrected chi connectivity index (χ1v) is 11.6. The van der Waals surface area contributed by atoms with Gasteiger partial charge in [0.25, 0.3) is 5.91 Å². The van der Waals surface area contributed by atoms with Gasteiger partial charge in [-0.2, -0.15) is 0 Å². The number of ether oxygens (including phenoxy) is 2. The summed E-state index contributed by atoms with van der Waals surface area (Å²) in [4.78, 5) is 17.2. The minimum Gasteiger partial charge on any atom is -0.494 e. The number of aromatic nitrogens is 2. The third-order valence-corrected chi connectivity index (χ3v) is 5.72. The molecular weight excluding hydrogens is 430 g/mol. The van der Waals surface area contributed by atoms with Gasteiger partial charge in [-0.05, 0) is 57.3 Å². The third-order valence-electron chi connectivity index (χ3n) is 5.72. The summed E-state index contributed by atoms with van der Waals surface area (Å²) in [7, 11) is 2.13. The van der Waals surface area contributed by atoms with Crippen LogP contribution in [0.25, 0.3) is 11.3 Å². The maximum atomic E-state index is 12.6. The molecule has 1 aliphatic heterocycles. The van der Waals surface area contributed by atoms with E-state index in [2.05, 4.69) is 32.4 Å². The van der Waals surface area contributed by atoms with E-state index in [1.807, 2.05) is 55.5 Å². The van der Waals surface area contributed by atoms with Crippen LogP contribution in [0.4, 0.5) is 11.5 Å². The molecule has 4 rings (SSSR count). The molecule has 1 saturated heterocycles. The first kappa shape index (κ1) is 23.5. The van der Waals surface area contributed by atoms with Crippen LogP contribution in [-0.2, 0) is 4.79 Å². The molecule has 8 heteroatoms. The van der Waals surface area contributed by atoms with Crippen molar-refractivity contribution >= 4 is 17.4 Å². The summed E-state index contributed by atoms with van der Waals surface area (Å²) in [5.41, 5.74) is 2.42. The molecule has 34 heavy (non-hydrogen) atoms. The highest BCUT2D eigenvalue weighted by Crippen LogP contribution is 2.23. The standard InChI is InChI=1S/C26H31N5O3/c1-4-33-22-6-5-7-23(18-22)34-19(2)26(32)27-21-10-8-20(9-11-21)24-12-13-25(29-28-24)31-16-14-30(3)15-17-31/h5-13,18-19H,4,14-17H2,1-3H3,(H,27,32). The first-order chi connectivity index (χ1) is 16.5. The Morgan fingerprint density at radius 3 is 2.41 bits per heavy atom. The average Bonchev–Trinajstić information content (AvgIpc) is 2.85. The third kappa shape index (κ3) is 6.02. The SMILES string of the molecule is CCOc1cccc(OC(C)C(=O)Nc2ccc(-c3ccc(N4CCN(C)CC4)nn3)cc2)c1. The highest BCUT2D eigenvalue weighted by Gasteiger charge is 2.17. The summed E-state index contributed by atoms with van der Waals surface area (Å²) in [6.07, 6.45) is -0.662. The summed E-state index contributed by atoms with van der Waals surface area (Å²) in [5.74, 6) is 1.97. The van der Waals surface area contributed by atoms with E-state index in [0.717, 1.165) is 43.3 Å². The quantitative estimate of drug-likeness (QED) is 0.548. The molecule has 178 valence electrons. The molecule has 1 N–H and O–H groups in total. The average molecular weight is 462 g/mol. The van der Waals surface area contributed by atoms with Crippen molar-refractivity contribution in [1.29, 1.82) is 0 Å². The van der Waals surface area contributed by atoms with E-state index >= 15 is 0 Å². The summed E-state index contributed by atoms with van der Waals surface area (Å²) >= 11 is 0. The van der Waals surface area contributed by atoms with Gasteiger partial charge < -0.3 is 24.6 Å². The van der Waals surface area contributed by atoms with E-state index in [4.69, 9.17) is 9.47 Å². The second-order valence-corrected chi connectivity index (χ2v) is 8.30. The highest BCUT2D eigenvalue weighted by atomic mass is 16.5. The summed E-state index contributed by atoms with van der Waals surface area (Å²) in [6, 6.07) is 18.8. The fourth-order valence-corrected chi connectivity index (χ4v) is 3.71. The van der Waals surface area contributed by atoms with Crippen molar-refractivity contribution in [2.75, 3.05) is 50.1 Å². The summed E-state index contributed by atoms with van der Waals surface area (Å²) in [6.45, 7) is 8.18. The molecule has 0 spiro atoms. The Bertz CT molecular complexity index is 1080. The second-order valence-electron chi connectivity index (χ2n) is 8.30. The van der Waals surface area contributed by atoms with Gasteiger partial charge in [-0.25, -0.2) is 0 Å². The molecule has 1 atom stereocenters. The lowest BCUT2D eigenvalue weighted by Crippen LogP contribution is -2.44. The summed E-state index contributed by atoms with van der Waals surface area (Å²) in [5, 5.41) is 11.7. The number of rotatable bonds is 8. The van der Waals surface area contributed by atoms with Gasteiger partial charge in [-0.1, -0.05) is 18.2 Å². The number of amides is 1. The van der Waals surface area contributed by atoms with Gasteiger partial charge in [0.1, 0.15) is 11.5 Å². The van der Waals surface area contributed by atoms with E-state index in [-0.39, 0.29) is 5.91 Å². The van der Waals surface area contributed by atoms with Crippen LogP contribution >= 0.6 is 0 Å². The van der Waals surface area contributed by atoms with Crippen LogP contribution in [0, 0.1) is 0 Å². The fraction of sp³-hybridized carbons (Fsp3) is 0.346. The molecular formula is C26H31N5O3. The number of nitrogens with one attached hydrogen (secondary N) is 1. The molecule has 0 radical (unpaired) electrons. The van der Waals surface area contributed by atoms with Crippen LogP contribution in [0.1, 0.15) is 13.8 Å². The number of likely N-dealkylation sites (N-methyl/N-ethyl adjacent to an activating group) is 1. The Hall–Kier alpha value is -3.65. The van der Waals surface area contributed by atoms with Crippen LogP contribution in [-0.4, -0.2) is 66.9 Å². The zero-order valence-electron chi connectivity index (χ0n) is 19.9. The van der Waals surface area contributed by atoms with E-state index < -0.39 is 6.10 Å². The van der Waals surface area contributed by atoms with Gasteiger partial charge >= 0.3 is 0 Å². The molecule has 8 nitrogen and oxygen atoms in total. The Labute approximate surface area is 200 Å². The maximum Gasteiger partial charge on any atom is 0.265 e.